The summed E-state index contributed by atoms with van der Waals surface area (Å²) in [6.45, 7) is 1.75. The molecule has 132 valence electrons. The molecule has 1 aromatic heterocycles. The SMILES string of the molecule is C/C(=N/NC(=O)c1c(Cl)cc(Cl)cc1Cl)c1cccc(-n2cnnn2)c1. The molecule has 0 fully saturated rings. The number of hydrogen-bond donors (Lipinski definition) is 1. The van der Waals surface area contributed by atoms with E-state index in [1.807, 2.05) is 24.3 Å². The smallest absolute Gasteiger partial charge is 0.267 e. The summed E-state index contributed by atoms with van der Waals surface area (Å²) in [6, 6.07) is 10.2. The number of hydrazone groups is 1. The van der Waals surface area contributed by atoms with Crippen LogP contribution in [0.3, 0.4) is 0 Å². The fraction of sp³-hybridized carbons (Fsp3) is 0.0625. The standard InChI is InChI=1S/C16H11Cl3N6O/c1-9(10-3-2-4-12(5-10)25-8-20-23-24-25)21-22-16(26)15-13(18)6-11(17)7-14(15)19/h2-8H,1H3,(H,22,26)/b21-9-. The first kappa shape index (κ1) is 18.3. The Balaban J connectivity index is 1.81. The summed E-state index contributed by atoms with van der Waals surface area (Å²) < 4.78 is 1.52. The zero-order valence-corrected chi connectivity index (χ0v) is 15.6. The van der Waals surface area contributed by atoms with Crippen LogP contribution in [0.1, 0.15) is 22.8 Å². The lowest BCUT2D eigenvalue weighted by atomic mass is 10.1. The first-order chi connectivity index (χ1) is 12.5. The van der Waals surface area contributed by atoms with Crippen LogP contribution in [-0.4, -0.2) is 31.8 Å². The van der Waals surface area contributed by atoms with E-state index in [9.17, 15) is 4.79 Å². The molecule has 26 heavy (non-hydrogen) atoms. The van der Waals surface area contributed by atoms with Crippen molar-refractivity contribution < 1.29 is 4.79 Å². The van der Waals surface area contributed by atoms with Crippen molar-refractivity contribution in [3.8, 4) is 5.69 Å². The van der Waals surface area contributed by atoms with Crippen molar-refractivity contribution in [3.05, 3.63) is 68.9 Å². The fourth-order valence-corrected chi connectivity index (χ4v) is 3.16. The second-order valence-electron chi connectivity index (χ2n) is 5.19. The summed E-state index contributed by atoms with van der Waals surface area (Å²) in [5.41, 5.74) is 4.67. The zero-order chi connectivity index (χ0) is 18.7. The Labute approximate surface area is 163 Å². The molecule has 1 amide bonds. The molecule has 0 aliphatic heterocycles. The number of rotatable bonds is 4. The summed E-state index contributed by atoms with van der Waals surface area (Å²) in [5, 5.41) is 15.8. The Morgan fingerprint density at radius 3 is 2.54 bits per heavy atom. The number of amides is 1. The molecule has 0 aliphatic rings. The lowest BCUT2D eigenvalue weighted by Gasteiger charge is -2.08. The van der Waals surface area contributed by atoms with Crippen LogP contribution in [0.4, 0.5) is 0 Å². The maximum Gasteiger partial charge on any atom is 0.274 e. The number of carbonyl (C=O) groups is 1. The van der Waals surface area contributed by atoms with E-state index in [2.05, 4.69) is 26.1 Å². The Morgan fingerprint density at radius 2 is 1.88 bits per heavy atom. The van der Waals surface area contributed by atoms with Crippen molar-refractivity contribution in [1.82, 2.24) is 25.6 Å². The van der Waals surface area contributed by atoms with Gasteiger partial charge in [0.15, 0.2) is 0 Å². The summed E-state index contributed by atoms with van der Waals surface area (Å²) in [6.07, 6.45) is 1.48. The molecule has 3 rings (SSSR count). The highest BCUT2D eigenvalue weighted by Gasteiger charge is 2.15. The van der Waals surface area contributed by atoms with Gasteiger partial charge in [-0.15, -0.1) is 5.10 Å². The van der Waals surface area contributed by atoms with Crippen LogP contribution in [0, 0.1) is 0 Å². The van der Waals surface area contributed by atoms with Gasteiger partial charge in [-0.05, 0) is 47.2 Å². The lowest BCUT2D eigenvalue weighted by molar-refractivity contribution is 0.0955. The molecular weight excluding hydrogens is 399 g/mol. The average Bonchev–Trinajstić information content (AvgIpc) is 3.13. The van der Waals surface area contributed by atoms with E-state index in [0.717, 1.165) is 11.3 Å². The van der Waals surface area contributed by atoms with Gasteiger partial charge in [0.05, 0.1) is 27.0 Å². The minimum atomic E-state index is -0.535. The number of hydrogen-bond acceptors (Lipinski definition) is 5. The van der Waals surface area contributed by atoms with E-state index in [1.165, 1.54) is 23.1 Å². The van der Waals surface area contributed by atoms with Crippen molar-refractivity contribution >= 4 is 46.4 Å². The van der Waals surface area contributed by atoms with Crippen LogP contribution in [0.15, 0.2) is 47.8 Å². The number of carbonyl (C=O) groups excluding carboxylic acids is 1. The average molecular weight is 410 g/mol. The summed E-state index contributed by atoms with van der Waals surface area (Å²) in [4.78, 5) is 12.3. The summed E-state index contributed by atoms with van der Waals surface area (Å²) in [5.74, 6) is -0.535. The third-order valence-electron chi connectivity index (χ3n) is 3.44. The summed E-state index contributed by atoms with van der Waals surface area (Å²) in [7, 11) is 0. The molecular formula is C16H11Cl3N6O. The van der Waals surface area contributed by atoms with E-state index >= 15 is 0 Å². The van der Waals surface area contributed by atoms with Crippen LogP contribution >= 0.6 is 34.8 Å². The van der Waals surface area contributed by atoms with Crippen LogP contribution in [0.5, 0.6) is 0 Å². The van der Waals surface area contributed by atoms with E-state index in [1.54, 1.807) is 6.92 Å². The van der Waals surface area contributed by atoms with Gasteiger partial charge < -0.3 is 0 Å². The molecule has 10 heteroatoms. The molecule has 0 unspecified atom stereocenters. The third kappa shape index (κ3) is 4.01. The molecule has 0 spiro atoms. The minimum absolute atomic E-state index is 0.108. The maximum absolute atomic E-state index is 12.3. The molecule has 7 nitrogen and oxygen atoms in total. The molecule has 0 bridgehead atoms. The number of aromatic nitrogens is 4. The van der Waals surface area contributed by atoms with E-state index in [-0.39, 0.29) is 15.6 Å². The Kier molecular flexibility index (Phi) is 5.51. The molecule has 1 N–H and O–H groups in total. The van der Waals surface area contributed by atoms with Gasteiger partial charge in [-0.2, -0.15) is 5.10 Å². The topological polar surface area (TPSA) is 85.1 Å². The van der Waals surface area contributed by atoms with Gasteiger partial charge in [-0.1, -0.05) is 46.9 Å². The first-order valence-corrected chi connectivity index (χ1v) is 8.42. The highest BCUT2D eigenvalue weighted by Crippen LogP contribution is 2.28. The Bertz CT molecular complexity index is 964. The predicted molar refractivity (Wildman–Crippen MR) is 100 cm³/mol. The third-order valence-corrected chi connectivity index (χ3v) is 4.25. The van der Waals surface area contributed by atoms with Gasteiger partial charge >= 0.3 is 0 Å². The lowest BCUT2D eigenvalue weighted by Crippen LogP contribution is -2.20. The molecule has 2 aromatic carbocycles. The number of nitrogens with zero attached hydrogens (tertiary/aromatic N) is 5. The zero-order valence-electron chi connectivity index (χ0n) is 13.3. The van der Waals surface area contributed by atoms with E-state index in [0.29, 0.717) is 10.7 Å². The molecule has 0 radical (unpaired) electrons. The maximum atomic E-state index is 12.3. The minimum Gasteiger partial charge on any atom is -0.267 e. The van der Waals surface area contributed by atoms with Crippen molar-refractivity contribution in [2.45, 2.75) is 6.92 Å². The largest absolute Gasteiger partial charge is 0.274 e. The monoisotopic (exact) mass is 408 g/mol. The molecule has 1 heterocycles. The quantitative estimate of drug-likeness (QED) is 0.525. The normalized spacial score (nSPS) is 11.5. The first-order valence-electron chi connectivity index (χ1n) is 7.28. The molecule has 0 saturated carbocycles. The molecule has 3 aromatic rings. The molecule has 0 atom stereocenters. The summed E-state index contributed by atoms with van der Waals surface area (Å²) >= 11 is 17.9. The van der Waals surface area contributed by atoms with Crippen molar-refractivity contribution in [2.24, 2.45) is 5.10 Å². The number of nitrogens with one attached hydrogen (secondary N) is 1. The van der Waals surface area contributed by atoms with Crippen LogP contribution in [-0.2, 0) is 0 Å². The van der Waals surface area contributed by atoms with E-state index < -0.39 is 5.91 Å². The number of tetrazole rings is 1. The Morgan fingerprint density at radius 1 is 1.15 bits per heavy atom. The molecule has 0 saturated heterocycles. The van der Waals surface area contributed by atoms with Gasteiger partial charge in [0.1, 0.15) is 6.33 Å². The van der Waals surface area contributed by atoms with Gasteiger partial charge in [0, 0.05) is 5.02 Å². The van der Waals surface area contributed by atoms with Gasteiger partial charge in [0.2, 0.25) is 0 Å². The highest BCUT2D eigenvalue weighted by molar-refractivity contribution is 6.42. The van der Waals surface area contributed by atoms with Crippen LogP contribution in [0.25, 0.3) is 5.69 Å². The highest BCUT2D eigenvalue weighted by atomic mass is 35.5. The van der Waals surface area contributed by atoms with Crippen molar-refractivity contribution in [2.75, 3.05) is 0 Å². The van der Waals surface area contributed by atoms with Crippen molar-refractivity contribution in [3.63, 3.8) is 0 Å². The van der Waals surface area contributed by atoms with Crippen molar-refractivity contribution in [1.29, 1.82) is 0 Å². The number of halogens is 3. The van der Waals surface area contributed by atoms with Gasteiger partial charge in [0.25, 0.3) is 5.91 Å². The Hall–Kier alpha value is -2.48. The molecule has 0 aliphatic carbocycles. The second kappa shape index (κ2) is 7.82. The van der Waals surface area contributed by atoms with Crippen LogP contribution in [0.2, 0.25) is 15.1 Å². The van der Waals surface area contributed by atoms with Gasteiger partial charge in [-0.25, -0.2) is 10.1 Å². The van der Waals surface area contributed by atoms with Gasteiger partial charge in [-0.3, -0.25) is 4.79 Å². The second-order valence-corrected chi connectivity index (χ2v) is 6.44. The van der Waals surface area contributed by atoms with E-state index in [4.69, 9.17) is 34.8 Å². The fourth-order valence-electron chi connectivity index (χ4n) is 2.17. The number of benzene rings is 2. The predicted octanol–water partition coefficient (Wildman–Crippen LogP) is 3.78. The van der Waals surface area contributed by atoms with Crippen LogP contribution < -0.4 is 5.43 Å².